The molecule has 160 valence electrons. The number of methoxy groups -OCH3 is 2. The maximum absolute atomic E-state index is 11.7. The predicted octanol–water partition coefficient (Wildman–Crippen LogP) is 4.30. The van der Waals surface area contributed by atoms with Crippen LogP contribution in [-0.2, 0) is 17.8 Å². The molecule has 0 bridgehead atoms. The van der Waals surface area contributed by atoms with Gasteiger partial charge in [-0.15, -0.1) is 0 Å². The van der Waals surface area contributed by atoms with Gasteiger partial charge in [-0.2, -0.15) is 0 Å². The number of carbonyl (C=O) groups is 1. The Morgan fingerprint density at radius 1 is 0.968 bits per heavy atom. The summed E-state index contributed by atoms with van der Waals surface area (Å²) in [5.74, 6) is 0.167. The van der Waals surface area contributed by atoms with Crippen LogP contribution in [0.2, 0.25) is 0 Å². The molecule has 0 atom stereocenters. The van der Waals surface area contributed by atoms with Crippen molar-refractivity contribution in [2.24, 2.45) is 0 Å². The van der Waals surface area contributed by atoms with Gasteiger partial charge in [-0.1, -0.05) is 24.3 Å². The first-order chi connectivity index (χ1) is 14.9. The van der Waals surface area contributed by atoms with E-state index in [0.717, 1.165) is 16.8 Å². The lowest BCUT2D eigenvalue weighted by Crippen LogP contribution is -2.22. The summed E-state index contributed by atoms with van der Waals surface area (Å²) >= 11 is 0. The van der Waals surface area contributed by atoms with Gasteiger partial charge in [0.15, 0.2) is 0 Å². The van der Waals surface area contributed by atoms with Crippen LogP contribution in [0.25, 0.3) is 0 Å². The number of nitrogens with zero attached hydrogens (tertiary/aromatic N) is 2. The van der Waals surface area contributed by atoms with Crippen molar-refractivity contribution in [3.8, 4) is 11.5 Å². The number of nitro groups is 1. The topological polar surface area (TPSA) is 102 Å². The van der Waals surface area contributed by atoms with Gasteiger partial charge in [0.05, 0.1) is 30.4 Å². The second-order valence-corrected chi connectivity index (χ2v) is 6.82. The van der Waals surface area contributed by atoms with E-state index in [2.05, 4.69) is 0 Å². The highest BCUT2D eigenvalue weighted by Crippen LogP contribution is 2.34. The highest BCUT2D eigenvalue weighted by molar-refractivity contribution is 5.89. The Hall–Kier alpha value is -4.07. The molecule has 31 heavy (non-hydrogen) atoms. The minimum Gasteiger partial charge on any atom is -0.508 e. The second-order valence-electron chi connectivity index (χ2n) is 6.82. The molecule has 0 heterocycles. The summed E-state index contributed by atoms with van der Waals surface area (Å²) in [5.41, 5.74) is 3.03. The predicted molar refractivity (Wildman–Crippen MR) is 115 cm³/mol. The van der Waals surface area contributed by atoms with Crippen LogP contribution in [0.1, 0.15) is 21.5 Å². The van der Waals surface area contributed by atoms with E-state index < -0.39 is 10.9 Å². The van der Waals surface area contributed by atoms with Gasteiger partial charge in [-0.05, 0) is 35.4 Å². The fourth-order valence-electron chi connectivity index (χ4n) is 3.18. The van der Waals surface area contributed by atoms with Crippen molar-refractivity contribution < 1.29 is 24.3 Å². The number of ether oxygens (including phenoxy) is 2. The van der Waals surface area contributed by atoms with Gasteiger partial charge in [0, 0.05) is 31.3 Å². The molecule has 0 saturated heterocycles. The SMILES string of the molecule is COC(=O)c1ccc(CN(Cc2ccc([N+](=O)[O-])cc2)c2ccc(O)cc2OC)cc1. The third kappa shape index (κ3) is 5.30. The van der Waals surface area contributed by atoms with E-state index in [4.69, 9.17) is 9.47 Å². The number of esters is 1. The third-order valence-corrected chi connectivity index (χ3v) is 4.77. The van der Waals surface area contributed by atoms with Crippen LogP contribution in [0.3, 0.4) is 0 Å². The number of nitro benzene ring substituents is 1. The second kappa shape index (κ2) is 9.62. The molecule has 0 radical (unpaired) electrons. The largest absolute Gasteiger partial charge is 0.508 e. The van der Waals surface area contributed by atoms with Gasteiger partial charge in [0.25, 0.3) is 5.69 Å². The number of benzene rings is 3. The first kappa shape index (κ1) is 21.6. The third-order valence-electron chi connectivity index (χ3n) is 4.77. The molecule has 8 heteroatoms. The van der Waals surface area contributed by atoms with Crippen LogP contribution < -0.4 is 9.64 Å². The molecule has 0 aliphatic carbocycles. The van der Waals surface area contributed by atoms with Crippen molar-refractivity contribution in [3.05, 3.63) is 93.5 Å². The maximum atomic E-state index is 11.7. The van der Waals surface area contributed by atoms with E-state index in [0.29, 0.717) is 24.4 Å². The molecule has 0 aliphatic heterocycles. The monoisotopic (exact) mass is 422 g/mol. The number of carbonyl (C=O) groups excluding carboxylic acids is 1. The fraction of sp³-hybridized carbons (Fsp3) is 0.174. The standard InChI is InChI=1S/C23H22N2O6/c1-30-22-13-20(26)11-12-21(22)24(15-17-5-9-19(10-6-17)25(28)29)14-16-3-7-18(8-4-16)23(27)31-2/h3-13,26H,14-15H2,1-2H3. The molecular weight excluding hydrogens is 400 g/mol. The van der Waals surface area contributed by atoms with Gasteiger partial charge in [0.1, 0.15) is 11.5 Å². The smallest absolute Gasteiger partial charge is 0.337 e. The average Bonchev–Trinajstić information content (AvgIpc) is 2.78. The van der Waals surface area contributed by atoms with E-state index in [9.17, 15) is 20.0 Å². The Balaban J connectivity index is 1.92. The Labute approximate surface area is 179 Å². The zero-order valence-electron chi connectivity index (χ0n) is 17.1. The van der Waals surface area contributed by atoms with Crippen LogP contribution in [0.15, 0.2) is 66.7 Å². The molecule has 0 spiro atoms. The molecule has 0 saturated carbocycles. The summed E-state index contributed by atoms with van der Waals surface area (Å²) in [6.45, 7) is 0.914. The molecule has 0 aliphatic rings. The van der Waals surface area contributed by atoms with Crippen molar-refractivity contribution in [2.75, 3.05) is 19.1 Å². The molecule has 0 amide bonds. The number of phenolic OH excluding ortho intramolecular Hbond substituents is 1. The fourth-order valence-corrected chi connectivity index (χ4v) is 3.18. The van der Waals surface area contributed by atoms with Crippen LogP contribution in [-0.4, -0.2) is 30.2 Å². The quantitative estimate of drug-likeness (QED) is 0.328. The average molecular weight is 422 g/mol. The van der Waals surface area contributed by atoms with Crippen LogP contribution >= 0.6 is 0 Å². The number of anilines is 1. The molecule has 3 aromatic rings. The van der Waals surface area contributed by atoms with Crippen LogP contribution in [0.5, 0.6) is 11.5 Å². The zero-order chi connectivity index (χ0) is 22.4. The summed E-state index contributed by atoms with van der Waals surface area (Å²) in [6.07, 6.45) is 0. The summed E-state index contributed by atoms with van der Waals surface area (Å²) in [6, 6.07) is 18.3. The molecule has 0 fully saturated rings. The van der Waals surface area contributed by atoms with E-state index in [1.165, 1.54) is 32.4 Å². The Kier molecular flexibility index (Phi) is 6.71. The number of non-ortho nitro benzene ring substituents is 1. The van der Waals surface area contributed by atoms with Crippen molar-refractivity contribution in [1.82, 2.24) is 0 Å². The number of hydrogen-bond acceptors (Lipinski definition) is 7. The molecule has 0 unspecified atom stereocenters. The lowest BCUT2D eigenvalue weighted by atomic mass is 10.1. The van der Waals surface area contributed by atoms with Gasteiger partial charge in [0.2, 0.25) is 0 Å². The highest BCUT2D eigenvalue weighted by atomic mass is 16.6. The zero-order valence-corrected chi connectivity index (χ0v) is 17.1. The molecule has 1 N–H and O–H groups in total. The van der Waals surface area contributed by atoms with Crippen molar-refractivity contribution in [3.63, 3.8) is 0 Å². The molecule has 8 nitrogen and oxygen atoms in total. The van der Waals surface area contributed by atoms with Crippen LogP contribution in [0, 0.1) is 10.1 Å². The van der Waals surface area contributed by atoms with E-state index in [1.807, 2.05) is 17.0 Å². The van der Waals surface area contributed by atoms with Gasteiger partial charge < -0.3 is 19.5 Å². The van der Waals surface area contributed by atoms with E-state index in [-0.39, 0.29) is 11.4 Å². The lowest BCUT2D eigenvalue weighted by molar-refractivity contribution is -0.384. The number of rotatable bonds is 8. The Morgan fingerprint density at radius 3 is 2.06 bits per heavy atom. The first-order valence-electron chi connectivity index (χ1n) is 9.44. The normalized spacial score (nSPS) is 10.4. The Morgan fingerprint density at radius 2 is 1.55 bits per heavy atom. The minimum absolute atomic E-state index is 0.0240. The van der Waals surface area contributed by atoms with Crippen LogP contribution in [0.4, 0.5) is 11.4 Å². The first-order valence-corrected chi connectivity index (χ1v) is 9.44. The number of aromatic hydroxyl groups is 1. The highest BCUT2D eigenvalue weighted by Gasteiger charge is 2.16. The van der Waals surface area contributed by atoms with Gasteiger partial charge in [-0.25, -0.2) is 4.79 Å². The summed E-state index contributed by atoms with van der Waals surface area (Å²) in [5, 5.41) is 20.7. The van der Waals surface area contributed by atoms with E-state index in [1.54, 1.807) is 36.4 Å². The minimum atomic E-state index is -0.437. The maximum Gasteiger partial charge on any atom is 0.337 e. The molecule has 0 aromatic heterocycles. The number of hydrogen-bond donors (Lipinski definition) is 1. The summed E-state index contributed by atoms with van der Waals surface area (Å²) < 4.78 is 10.2. The molecule has 3 rings (SSSR count). The van der Waals surface area contributed by atoms with Gasteiger partial charge in [-0.3, -0.25) is 10.1 Å². The molecular formula is C23H22N2O6. The lowest BCUT2D eigenvalue weighted by Gasteiger charge is -2.27. The van der Waals surface area contributed by atoms with Crippen molar-refractivity contribution in [1.29, 1.82) is 0 Å². The Bertz CT molecular complexity index is 1060. The van der Waals surface area contributed by atoms with E-state index >= 15 is 0 Å². The summed E-state index contributed by atoms with van der Waals surface area (Å²) in [4.78, 5) is 24.2. The van der Waals surface area contributed by atoms with Crippen molar-refractivity contribution >= 4 is 17.3 Å². The summed E-state index contributed by atoms with van der Waals surface area (Å²) in [7, 11) is 2.85. The van der Waals surface area contributed by atoms with Crippen molar-refractivity contribution in [2.45, 2.75) is 13.1 Å². The molecule has 3 aromatic carbocycles. The number of phenols is 1. The van der Waals surface area contributed by atoms with Gasteiger partial charge >= 0.3 is 5.97 Å².